The average molecular weight is 341 g/mol. The lowest BCUT2D eigenvalue weighted by Crippen LogP contribution is -2.13. The Morgan fingerprint density at radius 3 is 2.89 bits per heavy atom. The lowest BCUT2D eigenvalue weighted by atomic mass is 10.0. The smallest absolute Gasteiger partial charge is 0.128 e. The Hall–Kier alpha value is -0.780. The number of benzene rings is 1. The molecule has 2 aromatic rings. The van der Waals surface area contributed by atoms with Crippen LogP contribution in [-0.4, -0.2) is 4.98 Å². The molecule has 1 unspecified atom stereocenters. The van der Waals surface area contributed by atoms with Crippen LogP contribution in [0.15, 0.2) is 22.7 Å². The van der Waals surface area contributed by atoms with E-state index in [0.29, 0.717) is 5.56 Å². The first kappa shape index (κ1) is 13.2. The third-order valence-corrected chi connectivity index (χ3v) is 5.16. The maximum absolute atomic E-state index is 13.9. The fraction of sp³-hybridized carbons (Fsp3) is 0.357. The van der Waals surface area contributed by atoms with Crippen molar-refractivity contribution in [3.63, 3.8) is 0 Å². The number of nitrogens with two attached hydrogens (primary N) is 1. The van der Waals surface area contributed by atoms with E-state index in [2.05, 4.69) is 20.9 Å². The molecule has 0 aliphatic heterocycles. The first-order valence-electron chi connectivity index (χ1n) is 6.34. The van der Waals surface area contributed by atoms with E-state index in [1.807, 2.05) is 0 Å². The maximum Gasteiger partial charge on any atom is 0.128 e. The number of rotatable bonds is 2. The van der Waals surface area contributed by atoms with Gasteiger partial charge in [0.05, 0.1) is 11.7 Å². The van der Waals surface area contributed by atoms with Crippen molar-refractivity contribution in [2.45, 2.75) is 31.7 Å². The summed E-state index contributed by atoms with van der Waals surface area (Å²) >= 11 is 4.99. The standard InChI is InChI=1S/C14H14BrFN2S/c15-8-5-6-10(16)9(7-8)13(17)14-18-11-3-1-2-4-12(11)19-14/h5-7,13H,1-4,17H2. The maximum atomic E-state index is 13.9. The highest BCUT2D eigenvalue weighted by molar-refractivity contribution is 9.10. The van der Waals surface area contributed by atoms with Crippen LogP contribution in [0.5, 0.6) is 0 Å². The molecule has 1 heterocycles. The van der Waals surface area contributed by atoms with Crippen LogP contribution in [0.4, 0.5) is 4.39 Å². The van der Waals surface area contributed by atoms with Crippen molar-refractivity contribution in [2.75, 3.05) is 0 Å². The summed E-state index contributed by atoms with van der Waals surface area (Å²) in [6.45, 7) is 0. The largest absolute Gasteiger partial charge is 0.318 e. The zero-order chi connectivity index (χ0) is 13.4. The van der Waals surface area contributed by atoms with Gasteiger partial charge in [0.1, 0.15) is 10.8 Å². The summed E-state index contributed by atoms with van der Waals surface area (Å²) in [4.78, 5) is 5.94. The molecule has 3 rings (SSSR count). The van der Waals surface area contributed by atoms with Crippen molar-refractivity contribution in [3.05, 3.63) is 49.6 Å². The SMILES string of the molecule is NC(c1nc2c(s1)CCCC2)c1cc(Br)ccc1F. The van der Waals surface area contributed by atoms with Gasteiger partial charge in [-0.2, -0.15) is 0 Å². The molecule has 0 fully saturated rings. The molecule has 0 radical (unpaired) electrons. The lowest BCUT2D eigenvalue weighted by Gasteiger charge is -2.10. The lowest BCUT2D eigenvalue weighted by molar-refractivity contribution is 0.598. The van der Waals surface area contributed by atoms with Crippen LogP contribution in [-0.2, 0) is 12.8 Å². The van der Waals surface area contributed by atoms with Gasteiger partial charge >= 0.3 is 0 Å². The van der Waals surface area contributed by atoms with Gasteiger partial charge in [0, 0.05) is 14.9 Å². The number of hydrogen-bond donors (Lipinski definition) is 1. The van der Waals surface area contributed by atoms with Gasteiger partial charge in [-0.1, -0.05) is 15.9 Å². The van der Waals surface area contributed by atoms with Gasteiger partial charge in [-0.05, 0) is 43.9 Å². The second-order valence-electron chi connectivity index (χ2n) is 4.77. The Bertz CT molecular complexity index is 588. The van der Waals surface area contributed by atoms with Gasteiger partial charge in [-0.3, -0.25) is 0 Å². The monoisotopic (exact) mass is 340 g/mol. The van der Waals surface area contributed by atoms with Gasteiger partial charge < -0.3 is 5.73 Å². The van der Waals surface area contributed by atoms with Crippen molar-refractivity contribution >= 4 is 27.3 Å². The molecule has 5 heteroatoms. The second-order valence-corrected chi connectivity index (χ2v) is 6.80. The molecule has 0 spiro atoms. The number of aryl methyl sites for hydroxylation is 2. The molecule has 0 amide bonds. The van der Waals surface area contributed by atoms with Crippen LogP contribution in [0.2, 0.25) is 0 Å². The molecule has 1 aliphatic rings. The predicted octanol–water partition coefficient (Wildman–Crippen LogP) is 3.97. The number of halogens is 2. The number of fused-ring (bicyclic) bond motifs is 1. The van der Waals surface area contributed by atoms with E-state index in [4.69, 9.17) is 5.73 Å². The first-order valence-corrected chi connectivity index (χ1v) is 7.95. The van der Waals surface area contributed by atoms with Crippen molar-refractivity contribution in [3.8, 4) is 0 Å². The molecule has 0 saturated carbocycles. The highest BCUT2D eigenvalue weighted by Gasteiger charge is 2.21. The predicted molar refractivity (Wildman–Crippen MR) is 78.9 cm³/mol. The highest BCUT2D eigenvalue weighted by Crippen LogP contribution is 2.32. The third kappa shape index (κ3) is 2.59. The average Bonchev–Trinajstić information content (AvgIpc) is 2.84. The van der Waals surface area contributed by atoms with E-state index in [1.54, 1.807) is 23.5 Å². The van der Waals surface area contributed by atoms with Crippen LogP contribution in [0.1, 0.15) is 40.0 Å². The Kier molecular flexibility index (Phi) is 3.69. The van der Waals surface area contributed by atoms with E-state index in [-0.39, 0.29) is 5.82 Å². The molecule has 2 N–H and O–H groups in total. The van der Waals surface area contributed by atoms with Crippen LogP contribution < -0.4 is 5.73 Å². The normalized spacial score (nSPS) is 16.2. The number of hydrogen-bond acceptors (Lipinski definition) is 3. The van der Waals surface area contributed by atoms with E-state index in [9.17, 15) is 4.39 Å². The Morgan fingerprint density at radius 2 is 2.11 bits per heavy atom. The third-order valence-electron chi connectivity index (χ3n) is 3.42. The topological polar surface area (TPSA) is 38.9 Å². The molecule has 100 valence electrons. The summed E-state index contributed by atoms with van der Waals surface area (Å²) in [6, 6.07) is 4.37. The van der Waals surface area contributed by atoms with E-state index < -0.39 is 6.04 Å². The fourth-order valence-electron chi connectivity index (χ4n) is 2.39. The summed E-state index contributed by atoms with van der Waals surface area (Å²) in [6.07, 6.45) is 4.52. The minimum absolute atomic E-state index is 0.274. The van der Waals surface area contributed by atoms with E-state index in [1.165, 1.54) is 23.8 Å². The highest BCUT2D eigenvalue weighted by atomic mass is 79.9. The molecule has 1 aliphatic carbocycles. The summed E-state index contributed by atoms with van der Waals surface area (Å²) in [5.41, 5.74) is 7.85. The van der Waals surface area contributed by atoms with Crippen LogP contribution in [0.25, 0.3) is 0 Å². The molecule has 1 atom stereocenters. The molecule has 0 saturated heterocycles. The van der Waals surface area contributed by atoms with Gasteiger partial charge in [0.2, 0.25) is 0 Å². The van der Waals surface area contributed by atoms with Crippen LogP contribution >= 0.6 is 27.3 Å². The van der Waals surface area contributed by atoms with Gasteiger partial charge in [-0.25, -0.2) is 9.37 Å². The van der Waals surface area contributed by atoms with Crippen molar-refractivity contribution < 1.29 is 4.39 Å². The number of thiazole rings is 1. The minimum atomic E-state index is -0.479. The Balaban J connectivity index is 1.97. The quantitative estimate of drug-likeness (QED) is 0.898. The number of nitrogens with zero attached hydrogens (tertiary/aromatic N) is 1. The minimum Gasteiger partial charge on any atom is -0.318 e. The van der Waals surface area contributed by atoms with Gasteiger partial charge in [0.15, 0.2) is 0 Å². The van der Waals surface area contributed by atoms with Gasteiger partial charge in [0.25, 0.3) is 0 Å². The van der Waals surface area contributed by atoms with Crippen molar-refractivity contribution in [1.82, 2.24) is 4.98 Å². The van der Waals surface area contributed by atoms with Gasteiger partial charge in [-0.15, -0.1) is 11.3 Å². The van der Waals surface area contributed by atoms with Crippen LogP contribution in [0, 0.1) is 5.82 Å². The second kappa shape index (κ2) is 5.31. The summed E-state index contributed by atoms with van der Waals surface area (Å²) < 4.78 is 14.7. The molecule has 0 bridgehead atoms. The molecule has 1 aromatic carbocycles. The summed E-state index contributed by atoms with van der Waals surface area (Å²) in [5.74, 6) is -0.274. The number of aromatic nitrogens is 1. The molecular formula is C14H14BrFN2S. The van der Waals surface area contributed by atoms with Crippen LogP contribution in [0.3, 0.4) is 0 Å². The first-order chi connectivity index (χ1) is 9.15. The molecule has 19 heavy (non-hydrogen) atoms. The zero-order valence-corrected chi connectivity index (χ0v) is 12.7. The van der Waals surface area contributed by atoms with Crippen molar-refractivity contribution in [1.29, 1.82) is 0 Å². The van der Waals surface area contributed by atoms with Crippen molar-refractivity contribution in [2.24, 2.45) is 5.73 Å². The molecule has 2 nitrogen and oxygen atoms in total. The molecular weight excluding hydrogens is 327 g/mol. The zero-order valence-electron chi connectivity index (χ0n) is 10.3. The summed E-state index contributed by atoms with van der Waals surface area (Å²) in [5, 5.41) is 0.823. The molecule has 1 aromatic heterocycles. The van der Waals surface area contributed by atoms with E-state index in [0.717, 1.165) is 28.0 Å². The summed E-state index contributed by atoms with van der Waals surface area (Å²) in [7, 11) is 0. The fourth-order valence-corrected chi connectivity index (χ4v) is 3.94. The van der Waals surface area contributed by atoms with E-state index >= 15 is 0 Å². The Labute approximate surface area is 124 Å². The Morgan fingerprint density at radius 1 is 1.32 bits per heavy atom.